The lowest BCUT2D eigenvalue weighted by atomic mass is 9.94. The molecule has 2 saturated heterocycles. The molecule has 2 fully saturated rings. The minimum absolute atomic E-state index is 0.0245. The molecular weight excluding hydrogens is 574 g/mol. The highest BCUT2D eigenvalue weighted by Crippen LogP contribution is 2.38. The number of nitrogens with one attached hydrogen (secondary N) is 1. The van der Waals surface area contributed by atoms with E-state index >= 15 is 0 Å². The first-order valence-electron chi connectivity index (χ1n) is 15.9. The van der Waals surface area contributed by atoms with Crippen molar-refractivity contribution in [2.75, 3.05) is 32.7 Å². The van der Waals surface area contributed by atoms with Crippen LogP contribution in [0.15, 0.2) is 49.1 Å². The van der Waals surface area contributed by atoms with E-state index in [0.717, 1.165) is 48.6 Å². The van der Waals surface area contributed by atoms with Crippen molar-refractivity contribution in [3.63, 3.8) is 0 Å². The van der Waals surface area contributed by atoms with E-state index in [1.165, 1.54) is 16.7 Å². The van der Waals surface area contributed by atoms with Crippen molar-refractivity contribution in [1.29, 1.82) is 0 Å². The molecule has 0 radical (unpaired) electrons. The average Bonchev–Trinajstić information content (AvgIpc) is 3.32. The number of piperazine rings is 1. The topological polar surface area (TPSA) is 86.6 Å². The number of benzene rings is 1. The van der Waals surface area contributed by atoms with Crippen molar-refractivity contribution in [1.82, 2.24) is 34.6 Å². The molecule has 1 unspecified atom stereocenters. The molecule has 3 aromatic rings. The molecule has 1 aliphatic carbocycles. The van der Waals surface area contributed by atoms with Gasteiger partial charge in [0.25, 0.3) is 0 Å². The van der Waals surface area contributed by atoms with Crippen molar-refractivity contribution in [2.24, 2.45) is 5.92 Å². The SMILES string of the molecule is Cc1cn(C[C@@H]2CCCN(C(=O)[C@H]3CN(C4c5ccc(Cl)cc5CCc5cccnc54)CCN3C(=O)NC(C)(C)C)C2)cn1. The van der Waals surface area contributed by atoms with Crippen LogP contribution in [0.25, 0.3) is 0 Å². The second-order valence-electron chi connectivity index (χ2n) is 13.7. The molecule has 2 aromatic heterocycles. The number of imidazole rings is 1. The molecule has 3 aliphatic rings. The Morgan fingerprint density at radius 2 is 1.86 bits per heavy atom. The first kappa shape index (κ1) is 30.6. The highest BCUT2D eigenvalue weighted by molar-refractivity contribution is 6.30. The number of amides is 3. The number of nitrogens with zero attached hydrogens (tertiary/aromatic N) is 6. The third kappa shape index (κ3) is 6.64. The quantitative estimate of drug-likeness (QED) is 0.452. The number of fused-ring (bicyclic) bond motifs is 2. The van der Waals surface area contributed by atoms with Crippen molar-refractivity contribution >= 4 is 23.5 Å². The Hall–Kier alpha value is -3.43. The average molecular weight is 618 g/mol. The molecular formula is C34H44ClN7O2. The number of urea groups is 1. The number of aromatic nitrogens is 3. The summed E-state index contributed by atoms with van der Waals surface area (Å²) in [6.45, 7) is 11.6. The third-order valence-electron chi connectivity index (χ3n) is 9.12. The minimum Gasteiger partial charge on any atom is -0.341 e. The lowest BCUT2D eigenvalue weighted by molar-refractivity contribution is -0.140. The molecule has 0 bridgehead atoms. The van der Waals surface area contributed by atoms with Crippen LogP contribution < -0.4 is 5.32 Å². The number of carbonyl (C=O) groups is 2. The fourth-order valence-electron chi connectivity index (χ4n) is 7.13. The van der Waals surface area contributed by atoms with Gasteiger partial charge in [-0.2, -0.15) is 0 Å². The zero-order valence-corrected chi connectivity index (χ0v) is 27.1. The zero-order chi connectivity index (χ0) is 31.0. The number of halogens is 1. The van der Waals surface area contributed by atoms with E-state index in [1.54, 1.807) is 4.90 Å². The van der Waals surface area contributed by atoms with Gasteiger partial charge in [0.1, 0.15) is 6.04 Å². The monoisotopic (exact) mass is 617 g/mol. The smallest absolute Gasteiger partial charge is 0.318 e. The van der Waals surface area contributed by atoms with Gasteiger partial charge in [0.15, 0.2) is 0 Å². The first-order valence-corrected chi connectivity index (χ1v) is 16.3. The van der Waals surface area contributed by atoms with Crippen LogP contribution in [0.5, 0.6) is 0 Å². The molecule has 6 rings (SSSR count). The van der Waals surface area contributed by atoms with Crippen LogP contribution in [0.4, 0.5) is 4.79 Å². The van der Waals surface area contributed by atoms with Crippen LogP contribution in [0, 0.1) is 12.8 Å². The summed E-state index contributed by atoms with van der Waals surface area (Å²) >= 11 is 6.46. The summed E-state index contributed by atoms with van der Waals surface area (Å²) in [5.74, 6) is 0.365. The van der Waals surface area contributed by atoms with E-state index in [-0.39, 0.29) is 18.0 Å². The van der Waals surface area contributed by atoms with Gasteiger partial charge in [0, 0.05) is 62.2 Å². The largest absolute Gasteiger partial charge is 0.341 e. The number of hydrogen-bond donors (Lipinski definition) is 1. The molecule has 234 valence electrons. The highest BCUT2D eigenvalue weighted by Gasteiger charge is 2.43. The van der Waals surface area contributed by atoms with Crippen molar-refractivity contribution in [3.05, 3.63) is 82.2 Å². The number of likely N-dealkylation sites (tertiary alicyclic amines) is 1. The molecule has 0 spiro atoms. The Bertz CT molecular complexity index is 1520. The maximum atomic E-state index is 14.5. The van der Waals surface area contributed by atoms with Gasteiger partial charge in [-0.25, -0.2) is 9.78 Å². The predicted octanol–water partition coefficient (Wildman–Crippen LogP) is 4.86. The maximum absolute atomic E-state index is 14.5. The van der Waals surface area contributed by atoms with Gasteiger partial charge >= 0.3 is 6.03 Å². The summed E-state index contributed by atoms with van der Waals surface area (Å²) in [6, 6.07) is 9.38. The van der Waals surface area contributed by atoms with Gasteiger partial charge in [0.2, 0.25) is 5.91 Å². The number of hydrogen-bond acceptors (Lipinski definition) is 5. The number of rotatable bonds is 4. The van der Waals surface area contributed by atoms with E-state index in [1.807, 2.05) is 57.3 Å². The van der Waals surface area contributed by atoms with Crippen LogP contribution in [-0.2, 0) is 24.2 Å². The van der Waals surface area contributed by atoms with Gasteiger partial charge in [0.05, 0.1) is 23.8 Å². The Morgan fingerprint density at radius 3 is 2.64 bits per heavy atom. The molecule has 10 heteroatoms. The highest BCUT2D eigenvalue weighted by atomic mass is 35.5. The van der Waals surface area contributed by atoms with E-state index < -0.39 is 11.6 Å². The maximum Gasteiger partial charge on any atom is 0.318 e. The lowest BCUT2D eigenvalue weighted by Crippen LogP contribution is -2.65. The zero-order valence-electron chi connectivity index (χ0n) is 26.3. The number of pyridine rings is 1. The molecule has 44 heavy (non-hydrogen) atoms. The van der Waals surface area contributed by atoms with Crippen LogP contribution in [-0.4, -0.2) is 85.5 Å². The predicted molar refractivity (Wildman–Crippen MR) is 172 cm³/mol. The Morgan fingerprint density at radius 1 is 1.05 bits per heavy atom. The summed E-state index contributed by atoms with van der Waals surface area (Å²) in [5.41, 5.74) is 5.22. The number of aryl methyl sites for hydroxylation is 3. The van der Waals surface area contributed by atoms with Crippen LogP contribution in [0.2, 0.25) is 5.02 Å². The molecule has 0 saturated carbocycles. The first-order chi connectivity index (χ1) is 21.1. The Balaban J connectivity index is 1.30. The van der Waals surface area contributed by atoms with Crippen LogP contribution in [0.3, 0.4) is 0 Å². The lowest BCUT2D eigenvalue weighted by Gasteiger charge is -2.46. The van der Waals surface area contributed by atoms with E-state index in [9.17, 15) is 9.59 Å². The standard InChI is InChI=1S/C34H44ClN7O2/c1-23-18-39(22-37-23)19-24-7-6-14-41(20-24)32(43)29-21-40(15-16-42(29)33(44)38-34(2,3)4)31-28-12-11-27(35)17-26(28)10-9-25-8-5-13-36-30(25)31/h5,8,11-13,17-18,22,24,29,31H,6-7,9-10,14-16,19-21H2,1-4H3,(H,38,44)/t24-,29+,31?/m0/s1. The van der Waals surface area contributed by atoms with Gasteiger partial charge in [-0.3, -0.25) is 14.7 Å². The van der Waals surface area contributed by atoms with Crippen LogP contribution >= 0.6 is 11.6 Å². The number of carbonyl (C=O) groups excluding carboxylic acids is 2. The molecule has 2 aliphatic heterocycles. The molecule has 3 atom stereocenters. The van der Waals surface area contributed by atoms with E-state index in [2.05, 4.69) is 44.2 Å². The van der Waals surface area contributed by atoms with E-state index in [4.69, 9.17) is 16.6 Å². The van der Waals surface area contributed by atoms with E-state index in [0.29, 0.717) is 38.6 Å². The molecule has 9 nitrogen and oxygen atoms in total. The summed E-state index contributed by atoms with van der Waals surface area (Å²) in [6.07, 6.45) is 9.57. The number of piperidine rings is 1. The fourth-order valence-corrected chi connectivity index (χ4v) is 7.33. The molecule has 1 aromatic carbocycles. The Kier molecular flexibility index (Phi) is 8.70. The van der Waals surface area contributed by atoms with Crippen LogP contribution in [0.1, 0.15) is 67.7 Å². The van der Waals surface area contributed by atoms with Gasteiger partial charge in [-0.1, -0.05) is 23.7 Å². The summed E-state index contributed by atoms with van der Waals surface area (Å²) in [4.78, 5) is 43.6. The van der Waals surface area contributed by atoms with Gasteiger partial charge < -0.3 is 19.7 Å². The third-order valence-corrected chi connectivity index (χ3v) is 9.35. The summed E-state index contributed by atoms with van der Waals surface area (Å²) in [5, 5.41) is 3.85. The fraction of sp³-hybridized carbons (Fsp3) is 0.529. The van der Waals surface area contributed by atoms with Gasteiger partial charge in [-0.15, -0.1) is 0 Å². The van der Waals surface area contributed by atoms with Gasteiger partial charge in [-0.05, 0) is 94.2 Å². The second-order valence-corrected chi connectivity index (χ2v) is 14.1. The second kappa shape index (κ2) is 12.5. The van der Waals surface area contributed by atoms with Crippen molar-refractivity contribution in [3.8, 4) is 0 Å². The summed E-state index contributed by atoms with van der Waals surface area (Å²) < 4.78 is 2.12. The minimum atomic E-state index is -0.605. The van der Waals surface area contributed by atoms with Crippen molar-refractivity contribution < 1.29 is 9.59 Å². The van der Waals surface area contributed by atoms with Crippen molar-refractivity contribution in [2.45, 2.75) is 77.5 Å². The Labute approximate surface area is 265 Å². The molecule has 4 heterocycles. The normalized spacial score (nSPS) is 22.6. The molecule has 3 amide bonds. The summed E-state index contributed by atoms with van der Waals surface area (Å²) in [7, 11) is 0. The molecule has 1 N–H and O–H groups in total.